The summed E-state index contributed by atoms with van der Waals surface area (Å²) in [6, 6.07) is 7.52. The molecule has 114 valence electrons. The molecular weight excluding hydrogens is 266 g/mol. The molecule has 2 aliphatic rings. The molecule has 0 aromatic heterocycles. The normalized spacial score (nSPS) is 22.3. The van der Waals surface area contributed by atoms with E-state index in [0.29, 0.717) is 5.92 Å². The number of nitro benzene ring substituents is 1. The van der Waals surface area contributed by atoms with Gasteiger partial charge in [0.1, 0.15) is 0 Å². The molecule has 3 rings (SSSR count). The molecule has 5 nitrogen and oxygen atoms in total. The molecule has 0 radical (unpaired) electrons. The van der Waals surface area contributed by atoms with Crippen molar-refractivity contribution < 1.29 is 4.92 Å². The maximum atomic E-state index is 11.4. The van der Waals surface area contributed by atoms with Crippen molar-refractivity contribution in [3.05, 3.63) is 39.9 Å². The fourth-order valence-electron chi connectivity index (χ4n) is 3.89. The number of nitrogens with zero attached hydrogens (tertiary/aromatic N) is 2. The Hall–Kier alpha value is -1.46. The number of nitro groups is 1. The molecule has 1 aliphatic heterocycles. The zero-order valence-electron chi connectivity index (χ0n) is 12.3. The Kier molecular flexibility index (Phi) is 4.51. The quantitative estimate of drug-likeness (QED) is 0.684. The van der Waals surface area contributed by atoms with E-state index in [4.69, 9.17) is 0 Å². The number of hydrogen-bond donors (Lipinski definition) is 1. The number of hydrogen-bond acceptors (Lipinski definition) is 4. The molecule has 2 fully saturated rings. The molecule has 1 N–H and O–H groups in total. The van der Waals surface area contributed by atoms with Gasteiger partial charge in [-0.15, -0.1) is 0 Å². The van der Waals surface area contributed by atoms with Crippen molar-refractivity contribution in [1.29, 1.82) is 0 Å². The van der Waals surface area contributed by atoms with Gasteiger partial charge in [-0.05, 0) is 18.8 Å². The second kappa shape index (κ2) is 6.54. The van der Waals surface area contributed by atoms with E-state index >= 15 is 0 Å². The average Bonchev–Trinajstić information content (AvgIpc) is 3.03. The summed E-state index contributed by atoms with van der Waals surface area (Å²) in [4.78, 5) is 13.6. The monoisotopic (exact) mass is 289 g/mol. The molecule has 1 aromatic rings. The lowest BCUT2D eigenvalue weighted by Crippen LogP contribution is -2.46. The number of rotatable bonds is 4. The SMILES string of the molecule is O=[N+]([O-])c1ccccc1[C@H](C1CCCC1)N1CCNCC1. The Labute approximate surface area is 125 Å². The zero-order valence-corrected chi connectivity index (χ0v) is 12.3. The topological polar surface area (TPSA) is 58.4 Å². The number of para-hydroxylation sites is 1. The lowest BCUT2D eigenvalue weighted by atomic mass is 9.89. The summed E-state index contributed by atoms with van der Waals surface area (Å²) >= 11 is 0. The van der Waals surface area contributed by atoms with Crippen molar-refractivity contribution >= 4 is 5.69 Å². The third-order valence-corrected chi connectivity index (χ3v) is 4.84. The zero-order chi connectivity index (χ0) is 14.7. The third kappa shape index (κ3) is 3.09. The van der Waals surface area contributed by atoms with Gasteiger partial charge in [0.2, 0.25) is 0 Å². The van der Waals surface area contributed by atoms with E-state index < -0.39 is 0 Å². The van der Waals surface area contributed by atoms with Gasteiger partial charge in [-0.3, -0.25) is 15.0 Å². The highest BCUT2D eigenvalue weighted by Gasteiger charge is 2.35. The Bertz CT molecular complexity index is 494. The van der Waals surface area contributed by atoms with Crippen LogP contribution in [0.2, 0.25) is 0 Å². The van der Waals surface area contributed by atoms with Crippen LogP contribution in [0.25, 0.3) is 0 Å². The number of piperazine rings is 1. The first-order valence-electron chi connectivity index (χ1n) is 7.95. The minimum absolute atomic E-state index is 0.205. The Balaban J connectivity index is 1.96. The molecule has 1 saturated carbocycles. The second-order valence-electron chi connectivity index (χ2n) is 6.09. The molecule has 0 amide bonds. The van der Waals surface area contributed by atoms with Crippen LogP contribution in [-0.4, -0.2) is 36.0 Å². The van der Waals surface area contributed by atoms with Gasteiger partial charge in [-0.1, -0.05) is 31.0 Å². The first-order chi connectivity index (χ1) is 10.3. The van der Waals surface area contributed by atoms with Gasteiger partial charge in [-0.25, -0.2) is 0 Å². The fraction of sp³-hybridized carbons (Fsp3) is 0.625. The second-order valence-corrected chi connectivity index (χ2v) is 6.09. The van der Waals surface area contributed by atoms with E-state index in [1.54, 1.807) is 12.1 Å². The largest absolute Gasteiger partial charge is 0.314 e. The van der Waals surface area contributed by atoms with Gasteiger partial charge < -0.3 is 5.32 Å². The predicted molar refractivity (Wildman–Crippen MR) is 82.2 cm³/mol. The summed E-state index contributed by atoms with van der Waals surface area (Å²) in [5.41, 5.74) is 1.20. The average molecular weight is 289 g/mol. The molecule has 0 bridgehead atoms. The van der Waals surface area contributed by atoms with E-state index in [-0.39, 0.29) is 16.7 Å². The van der Waals surface area contributed by atoms with Crippen LogP contribution in [0, 0.1) is 16.0 Å². The molecule has 1 aliphatic carbocycles. The number of nitrogens with one attached hydrogen (secondary N) is 1. The molecule has 1 atom stereocenters. The molecule has 0 unspecified atom stereocenters. The third-order valence-electron chi connectivity index (χ3n) is 4.84. The van der Waals surface area contributed by atoms with E-state index in [1.165, 1.54) is 25.7 Å². The maximum Gasteiger partial charge on any atom is 0.274 e. The van der Waals surface area contributed by atoms with Gasteiger partial charge in [-0.2, -0.15) is 0 Å². The van der Waals surface area contributed by atoms with E-state index in [2.05, 4.69) is 10.2 Å². The highest BCUT2D eigenvalue weighted by atomic mass is 16.6. The Morgan fingerprint density at radius 2 is 1.86 bits per heavy atom. The molecular formula is C16H23N3O2. The van der Waals surface area contributed by atoms with Gasteiger partial charge in [0.15, 0.2) is 0 Å². The lowest BCUT2D eigenvalue weighted by Gasteiger charge is -2.38. The van der Waals surface area contributed by atoms with Gasteiger partial charge >= 0.3 is 0 Å². The summed E-state index contributed by atoms with van der Waals surface area (Å²) < 4.78 is 0. The van der Waals surface area contributed by atoms with Gasteiger partial charge in [0.25, 0.3) is 5.69 Å². The Morgan fingerprint density at radius 3 is 2.52 bits per heavy atom. The number of benzene rings is 1. The summed E-state index contributed by atoms with van der Waals surface area (Å²) in [6.07, 6.45) is 4.91. The highest BCUT2D eigenvalue weighted by Crippen LogP contribution is 2.42. The molecule has 1 heterocycles. The lowest BCUT2D eigenvalue weighted by molar-refractivity contribution is -0.386. The predicted octanol–water partition coefficient (Wildman–Crippen LogP) is 2.73. The van der Waals surface area contributed by atoms with Crippen LogP contribution in [-0.2, 0) is 0 Å². The van der Waals surface area contributed by atoms with E-state index in [9.17, 15) is 10.1 Å². The molecule has 1 aromatic carbocycles. The summed E-state index contributed by atoms with van der Waals surface area (Å²) in [5, 5.41) is 14.8. The van der Waals surface area contributed by atoms with Gasteiger partial charge in [0.05, 0.1) is 4.92 Å². The Morgan fingerprint density at radius 1 is 1.19 bits per heavy atom. The molecule has 1 saturated heterocycles. The van der Waals surface area contributed by atoms with Crippen LogP contribution >= 0.6 is 0 Å². The van der Waals surface area contributed by atoms with Gasteiger partial charge in [0, 0.05) is 43.9 Å². The van der Waals surface area contributed by atoms with Crippen LogP contribution in [0.15, 0.2) is 24.3 Å². The van der Waals surface area contributed by atoms with Crippen molar-refractivity contribution in [2.24, 2.45) is 5.92 Å². The summed E-state index contributed by atoms with van der Waals surface area (Å²) in [6.45, 7) is 3.91. The van der Waals surface area contributed by atoms with Crippen molar-refractivity contribution in [1.82, 2.24) is 10.2 Å². The minimum Gasteiger partial charge on any atom is -0.314 e. The van der Waals surface area contributed by atoms with Crippen LogP contribution in [0.5, 0.6) is 0 Å². The van der Waals surface area contributed by atoms with E-state index in [0.717, 1.165) is 31.7 Å². The van der Waals surface area contributed by atoms with Crippen LogP contribution < -0.4 is 5.32 Å². The van der Waals surface area contributed by atoms with E-state index in [1.807, 2.05) is 12.1 Å². The summed E-state index contributed by atoms with van der Waals surface area (Å²) in [5.74, 6) is 0.559. The molecule has 5 heteroatoms. The van der Waals surface area contributed by atoms with Crippen molar-refractivity contribution in [3.63, 3.8) is 0 Å². The van der Waals surface area contributed by atoms with Crippen LogP contribution in [0.1, 0.15) is 37.3 Å². The van der Waals surface area contributed by atoms with Crippen LogP contribution in [0.4, 0.5) is 5.69 Å². The van der Waals surface area contributed by atoms with Crippen LogP contribution in [0.3, 0.4) is 0 Å². The minimum atomic E-state index is -0.223. The maximum absolute atomic E-state index is 11.4. The smallest absolute Gasteiger partial charge is 0.274 e. The highest BCUT2D eigenvalue weighted by molar-refractivity contribution is 5.42. The first kappa shape index (κ1) is 14.5. The fourth-order valence-corrected chi connectivity index (χ4v) is 3.89. The van der Waals surface area contributed by atoms with Crippen molar-refractivity contribution in [2.45, 2.75) is 31.7 Å². The van der Waals surface area contributed by atoms with Crippen molar-refractivity contribution in [2.75, 3.05) is 26.2 Å². The first-order valence-corrected chi connectivity index (χ1v) is 7.95. The standard InChI is InChI=1S/C16H23N3O2/c20-19(21)15-8-4-3-7-14(15)16(13-5-1-2-6-13)18-11-9-17-10-12-18/h3-4,7-8,13,16-17H,1-2,5-6,9-12H2/t16-/m0/s1. The summed E-state index contributed by atoms with van der Waals surface area (Å²) in [7, 11) is 0. The molecule has 21 heavy (non-hydrogen) atoms. The molecule has 0 spiro atoms. The van der Waals surface area contributed by atoms with Crippen molar-refractivity contribution in [3.8, 4) is 0 Å².